The van der Waals surface area contributed by atoms with Crippen LogP contribution < -0.4 is 10.1 Å². The molecule has 0 aliphatic carbocycles. The summed E-state index contributed by atoms with van der Waals surface area (Å²) in [5.74, 6) is -0.412. The van der Waals surface area contributed by atoms with Gasteiger partial charge in [0.2, 0.25) is 15.9 Å². The Labute approximate surface area is 234 Å². The third kappa shape index (κ3) is 6.54. The Balaban J connectivity index is 1.31. The van der Waals surface area contributed by atoms with Gasteiger partial charge in [0.05, 0.1) is 17.2 Å². The Morgan fingerprint density at radius 2 is 1.52 bits per heavy atom. The lowest BCUT2D eigenvalue weighted by atomic mass is 10.0. The van der Waals surface area contributed by atoms with Crippen molar-refractivity contribution in [3.63, 3.8) is 0 Å². The number of sulfonamides is 1. The van der Waals surface area contributed by atoms with E-state index in [0.29, 0.717) is 12.1 Å². The summed E-state index contributed by atoms with van der Waals surface area (Å²) >= 11 is 0. The first-order valence-corrected chi connectivity index (χ1v) is 14.4. The molecule has 0 fully saturated rings. The van der Waals surface area contributed by atoms with E-state index in [4.69, 9.17) is 0 Å². The van der Waals surface area contributed by atoms with Gasteiger partial charge in [-0.3, -0.25) is 4.79 Å². The van der Waals surface area contributed by atoms with Crippen LogP contribution in [-0.2, 0) is 21.4 Å². The Morgan fingerprint density at radius 1 is 0.875 bits per heavy atom. The number of aromatic nitrogens is 1. The zero-order chi connectivity index (χ0) is 28.0. The van der Waals surface area contributed by atoms with Crippen molar-refractivity contribution in [3.05, 3.63) is 138 Å². The van der Waals surface area contributed by atoms with E-state index in [2.05, 4.69) is 38.0 Å². The highest BCUT2D eigenvalue weighted by Crippen LogP contribution is 2.22. The normalized spacial score (nSPS) is 12.5. The SMILES string of the molecule is Cc1ccc(S(=O)(=O)N[C@H](CC(=O)N/N=C\c2cn(Cc3ccccc3)c3ccccc23)c2ccccc2)cc1. The van der Waals surface area contributed by atoms with Crippen LogP contribution in [0, 0.1) is 6.92 Å². The molecule has 0 saturated heterocycles. The Morgan fingerprint density at radius 3 is 2.25 bits per heavy atom. The number of carbonyl (C=O) groups excluding carboxylic acids is 1. The minimum atomic E-state index is -3.85. The second kappa shape index (κ2) is 12.1. The molecule has 4 aromatic carbocycles. The zero-order valence-electron chi connectivity index (χ0n) is 22.1. The number of benzene rings is 4. The van der Waals surface area contributed by atoms with Crippen molar-refractivity contribution in [2.75, 3.05) is 0 Å². The molecule has 0 aliphatic heterocycles. The molecule has 0 unspecified atom stereocenters. The highest BCUT2D eigenvalue weighted by molar-refractivity contribution is 7.89. The minimum Gasteiger partial charge on any atom is -0.342 e. The summed E-state index contributed by atoms with van der Waals surface area (Å²) < 4.78 is 31.0. The summed E-state index contributed by atoms with van der Waals surface area (Å²) in [6, 6.07) is 33.1. The number of aryl methyl sites for hydroxylation is 1. The summed E-state index contributed by atoms with van der Waals surface area (Å²) in [4.78, 5) is 13.1. The second-order valence-corrected chi connectivity index (χ2v) is 11.3. The van der Waals surface area contributed by atoms with Gasteiger partial charge in [-0.2, -0.15) is 5.10 Å². The minimum absolute atomic E-state index is 0.123. The number of carbonyl (C=O) groups is 1. The van der Waals surface area contributed by atoms with Gasteiger partial charge in [0.1, 0.15) is 0 Å². The fourth-order valence-corrected chi connectivity index (χ4v) is 5.80. The molecule has 2 N–H and O–H groups in total. The van der Waals surface area contributed by atoms with E-state index >= 15 is 0 Å². The predicted octanol–water partition coefficient (Wildman–Crippen LogP) is 5.56. The molecule has 1 aromatic heterocycles. The van der Waals surface area contributed by atoms with Crippen LogP contribution in [-0.4, -0.2) is 25.1 Å². The van der Waals surface area contributed by atoms with Gasteiger partial charge in [-0.1, -0.05) is 96.6 Å². The van der Waals surface area contributed by atoms with Gasteiger partial charge in [-0.05, 0) is 36.2 Å². The maximum absolute atomic E-state index is 13.1. The molecule has 8 heteroatoms. The van der Waals surface area contributed by atoms with E-state index in [9.17, 15) is 13.2 Å². The van der Waals surface area contributed by atoms with Crippen LogP contribution in [0.25, 0.3) is 10.9 Å². The van der Waals surface area contributed by atoms with Crippen molar-refractivity contribution in [2.24, 2.45) is 5.10 Å². The van der Waals surface area contributed by atoms with Crippen LogP contribution in [0.4, 0.5) is 0 Å². The fourth-order valence-electron chi connectivity index (χ4n) is 4.58. The molecule has 5 rings (SSSR count). The molecule has 40 heavy (non-hydrogen) atoms. The van der Waals surface area contributed by atoms with Crippen LogP contribution in [0.5, 0.6) is 0 Å². The zero-order valence-corrected chi connectivity index (χ0v) is 22.9. The van der Waals surface area contributed by atoms with E-state index in [1.807, 2.05) is 67.7 Å². The fraction of sp³-hybridized carbons (Fsp3) is 0.125. The van der Waals surface area contributed by atoms with Crippen molar-refractivity contribution in [3.8, 4) is 0 Å². The number of nitrogens with zero attached hydrogens (tertiary/aromatic N) is 2. The van der Waals surface area contributed by atoms with Gasteiger partial charge >= 0.3 is 0 Å². The summed E-state index contributed by atoms with van der Waals surface area (Å²) in [6.45, 7) is 2.60. The van der Waals surface area contributed by atoms with Crippen LogP contribution in [0.1, 0.15) is 34.7 Å². The lowest BCUT2D eigenvalue weighted by molar-refractivity contribution is -0.121. The van der Waals surface area contributed by atoms with E-state index < -0.39 is 22.0 Å². The maximum atomic E-state index is 13.1. The number of hydrazone groups is 1. The molecule has 0 bridgehead atoms. The van der Waals surface area contributed by atoms with Gasteiger partial charge in [-0.15, -0.1) is 0 Å². The number of hydrogen-bond acceptors (Lipinski definition) is 4. The largest absolute Gasteiger partial charge is 0.342 e. The van der Waals surface area contributed by atoms with Crippen molar-refractivity contribution < 1.29 is 13.2 Å². The first kappa shape index (κ1) is 27.1. The number of amides is 1. The number of fused-ring (bicyclic) bond motifs is 1. The van der Waals surface area contributed by atoms with Crippen molar-refractivity contribution >= 4 is 33.0 Å². The first-order chi connectivity index (χ1) is 19.4. The number of hydrogen-bond donors (Lipinski definition) is 2. The monoisotopic (exact) mass is 550 g/mol. The van der Waals surface area contributed by atoms with Crippen molar-refractivity contribution in [2.45, 2.75) is 30.8 Å². The quantitative estimate of drug-likeness (QED) is 0.176. The molecule has 7 nitrogen and oxygen atoms in total. The molecule has 1 heterocycles. The molecule has 1 amide bonds. The maximum Gasteiger partial charge on any atom is 0.242 e. The molecule has 0 spiro atoms. The number of rotatable bonds is 10. The lowest BCUT2D eigenvalue weighted by Crippen LogP contribution is -2.32. The van der Waals surface area contributed by atoms with Crippen LogP contribution in [0.2, 0.25) is 0 Å². The average molecular weight is 551 g/mol. The van der Waals surface area contributed by atoms with E-state index in [1.54, 1.807) is 42.6 Å². The van der Waals surface area contributed by atoms with Crippen LogP contribution in [0.3, 0.4) is 0 Å². The van der Waals surface area contributed by atoms with Crippen molar-refractivity contribution in [1.82, 2.24) is 14.7 Å². The molecule has 0 aliphatic rings. The number of para-hydroxylation sites is 1. The summed E-state index contributed by atoms with van der Waals surface area (Å²) in [5.41, 5.74) is 7.33. The predicted molar refractivity (Wildman–Crippen MR) is 159 cm³/mol. The average Bonchev–Trinajstić information content (AvgIpc) is 3.31. The van der Waals surface area contributed by atoms with Crippen LogP contribution in [0.15, 0.2) is 125 Å². The first-order valence-electron chi connectivity index (χ1n) is 13.0. The standard InChI is InChI=1S/C32H30N4O3S/c1-24-16-18-28(19-17-24)40(38,39)35-30(26-12-6-3-7-13-26)20-32(37)34-33-21-27-23-36(22-25-10-4-2-5-11-25)31-15-9-8-14-29(27)31/h2-19,21,23,30,35H,20,22H2,1H3,(H,34,37)/b33-21-/t30-/m1/s1. The van der Waals surface area contributed by atoms with Gasteiger partial charge in [0.25, 0.3) is 0 Å². The molecular weight excluding hydrogens is 520 g/mol. The Hall–Kier alpha value is -4.53. The van der Waals surface area contributed by atoms with E-state index in [1.165, 1.54) is 5.56 Å². The topological polar surface area (TPSA) is 92.6 Å². The third-order valence-corrected chi connectivity index (χ3v) is 8.12. The molecule has 5 aromatic rings. The van der Waals surface area contributed by atoms with Crippen LogP contribution >= 0.6 is 0 Å². The molecule has 202 valence electrons. The van der Waals surface area contributed by atoms with Crippen molar-refractivity contribution in [1.29, 1.82) is 0 Å². The second-order valence-electron chi connectivity index (χ2n) is 9.61. The highest BCUT2D eigenvalue weighted by atomic mass is 32.2. The molecule has 0 radical (unpaired) electrons. The molecule has 1 atom stereocenters. The lowest BCUT2D eigenvalue weighted by Gasteiger charge is -2.18. The van der Waals surface area contributed by atoms with E-state index in [-0.39, 0.29) is 11.3 Å². The van der Waals surface area contributed by atoms with Gasteiger partial charge in [-0.25, -0.2) is 18.6 Å². The summed E-state index contributed by atoms with van der Waals surface area (Å²) in [5, 5.41) is 5.23. The third-order valence-electron chi connectivity index (χ3n) is 6.63. The number of nitrogens with one attached hydrogen (secondary N) is 2. The van der Waals surface area contributed by atoms with Gasteiger partial charge in [0.15, 0.2) is 0 Å². The van der Waals surface area contributed by atoms with Gasteiger partial charge < -0.3 is 4.57 Å². The summed E-state index contributed by atoms with van der Waals surface area (Å²) in [6.07, 6.45) is 3.51. The smallest absolute Gasteiger partial charge is 0.242 e. The Bertz CT molecular complexity index is 1730. The summed E-state index contributed by atoms with van der Waals surface area (Å²) in [7, 11) is -3.85. The van der Waals surface area contributed by atoms with E-state index in [0.717, 1.165) is 22.0 Å². The highest BCUT2D eigenvalue weighted by Gasteiger charge is 2.23. The molecule has 0 saturated carbocycles. The molecular formula is C32H30N4O3S. The Kier molecular flexibility index (Phi) is 8.19. The van der Waals surface area contributed by atoms with Gasteiger partial charge in [0, 0.05) is 35.6 Å².